The molecule has 1 aliphatic rings. The molecule has 0 saturated heterocycles. The third-order valence-electron chi connectivity index (χ3n) is 3.23. The van der Waals surface area contributed by atoms with E-state index < -0.39 is 17.3 Å². The zero-order valence-electron chi connectivity index (χ0n) is 13.5. The fourth-order valence-corrected chi connectivity index (χ4v) is 2.11. The molecule has 0 spiro atoms. The van der Waals surface area contributed by atoms with Gasteiger partial charge in [0.05, 0.1) is 31.5 Å². The number of hydrogen-bond donors (Lipinski definition) is 1. The third kappa shape index (κ3) is 8.02. The molecule has 0 aromatic heterocycles. The maximum atomic E-state index is 11.7. The number of hydrogen-bond acceptors (Lipinski definition) is 4. The van der Waals surface area contributed by atoms with Crippen LogP contribution in [0.5, 0.6) is 0 Å². The maximum Gasteiger partial charge on any atom is 0.407 e. The standard InChI is InChI=1S/C15H28BrNO4/c1-14(2,3)21-13(18)17-11-15(4,10-16)20-9-8-19-12-6-5-7-12/h12H,5-11H2,1-4H3,(H,17,18). The Morgan fingerprint density at radius 2 is 1.90 bits per heavy atom. The molecule has 1 unspecified atom stereocenters. The fourth-order valence-electron chi connectivity index (χ4n) is 1.75. The van der Waals surface area contributed by atoms with Crippen molar-refractivity contribution in [2.24, 2.45) is 0 Å². The second kappa shape index (κ2) is 8.34. The molecule has 6 heteroatoms. The van der Waals surface area contributed by atoms with Crippen molar-refractivity contribution in [1.82, 2.24) is 5.32 Å². The smallest absolute Gasteiger partial charge is 0.407 e. The average molecular weight is 366 g/mol. The van der Waals surface area contributed by atoms with Gasteiger partial charge in [-0.1, -0.05) is 15.9 Å². The van der Waals surface area contributed by atoms with Gasteiger partial charge in [-0.3, -0.25) is 0 Å². The lowest BCUT2D eigenvalue weighted by Crippen LogP contribution is -2.46. The zero-order valence-corrected chi connectivity index (χ0v) is 15.1. The van der Waals surface area contributed by atoms with Gasteiger partial charge in [-0.05, 0) is 47.0 Å². The maximum absolute atomic E-state index is 11.7. The van der Waals surface area contributed by atoms with Crippen LogP contribution in [-0.2, 0) is 14.2 Å². The van der Waals surface area contributed by atoms with Crippen LogP contribution in [0.25, 0.3) is 0 Å². The third-order valence-corrected chi connectivity index (χ3v) is 4.41. The summed E-state index contributed by atoms with van der Waals surface area (Å²) in [4.78, 5) is 11.7. The number of carbonyl (C=O) groups excluding carboxylic acids is 1. The molecule has 5 nitrogen and oxygen atoms in total. The Hall–Kier alpha value is -0.330. The molecule has 1 aliphatic carbocycles. The van der Waals surface area contributed by atoms with Crippen molar-refractivity contribution >= 4 is 22.0 Å². The van der Waals surface area contributed by atoms with Gasteiger partial charge in [0.2, 0.25) is 0 Å². The van der Waals surface area contributed by atoms with E-state index in [9.17, 15) is 4.79 Å². The summed E-state index contributed by atoms with van der Waals surface area (Å²) in [5, 5.41) is 3.37. The van der Waals surface area contributed by atoms with Crippen LogP contribution in [0.15, 0.2) is 0 Å². The van der Waals surface area contributed by atoms with Crippen molar-refractivity contribution in [3.63, 3.8) is 0 Å². The van der Waals surface area contributed by atoms with Gasteiger partial charge in [-0.2, -0.15) is 0 Å². The van der Waals surface area contributed by atoms with Crippen LogP contribution in [0.2, 0.25) is 0 Å². The number of alkyl carbamates (subject to hydrolysis) is 1. The summed E-state index contributed by atoms with van der Waals surface area (Å²) in [5.41, 5.74) is -0.966. The molecule has 0 aromatic carbocycles. The van der Waals surface area contributed by atoms with Gasteiger partial charge >= 0.3 is 6.09 Å². The van der Waals surface area contributed by atoms with Crippen LogP contribution >= 0.6 is 15.9 Å². The predicted molar refractivity (Wildman–Crippen MR) is 86.0 cm³/mol. The van der Waals surface area contributed by atoms with E-state index in [0.29, 0.717) is 31.2 Å². The normalized spacial score (nSPS) is 18.7. The summed E-state index contributed by atoms with van der Waals surface area (Å²) in [7, 11) is 0. The van der Waals surface area contributed by atoms with E-state index in [1.807, 2.05) is 27.7 Å². The topological polar surface area (TPSA) is 56.8 Å². The molecular formula is C15H28BrNO4. The second-order valence-corrected chi connectivity index (χ2v) is 7.27. The molecule has 124 valence electrons. The first-order valence-electron chi connectivity index (χ1n) is 7.52. The number of ether oxygens (including phenoxy) is 3. The molecule has 1 saturated carbocycles. The number of halogens is 1. The lowest BCUT2D eigenvalue weighted by atomic mass is 9.96. The van der Waals surface area contributed by atoms with Gasteiger partial charge in [-0.25, -0.2) is 4.79 Å². The van der Waals surface area contributed by atoms with Gasteiger partial charge in [-0.15, -0.1) is 0 Å². The number of amides is 1. The Labute approximate surface area is 136 Å². The van der Waals surface area contributed by atoms with Gasteiger partial charge < -0.3 is 19.5 Å². The van der Waals surface area contributed by atoms with E-state index in [2.05, 4.69) is 21.2 Å². The molecule has 0 bridgehead atoms. The Morgan fingerprint density at radius 3 is 2.38 bits per heavy atom. The number of carbonyl (C=O) groups is 1. The van der Waals surface area contributed by atoms with Crippen molar-refractivity contribution in [2.75, 3.05) is 25.1 Å². The minimum atomic E-state index is -0.494. The second-order valence-electron chi connectivity index (χ2n) is 6.71. The van der Waals surface area contributed by atoms with E-state index in [1.165, 1.54) is 6.42 Å². The molecular weight excluding hydrogens is 338 g/mol. The molecule has 0 heterocycles. The zero-order chi connectivity index (χ0) is 15.9. The molecule has 0 aliphatic heterocycles. The highest BCUT2D eigenvalue weighted by Gasteiger charge is 2.26. The summed E-state index contributed by atoms with van der Waals surface area (Å²) in [6.07, 6.45) is 3.59. The van der Waals surface area contributed by atoms with Crippen molar-refractivity contribution in [1.29, 1.82) is 0 Å². The summed E-state index contributed by atoms with van der Waals surface area (Å²) >= 11 is 3.43. The molecule has 21 heavy (non-hydrogen) atoms. The van der Waals surface area contributed by atoms with Crippen LogP contribution in [0.1, 0.15) is 47.0 Å². The molecule has 1 N–H and O–H groups in total. The van der Waals surface area contributed by atoms with E-state index in [0.717, 1.165) is 12.8 Å². The van der Waals surface area contributed by atoms with Crippen molar-refractivity contribution < 1.29 is 19.0 Å². The molecule has 1 rings (SSSR count). The van der Waals surface area contributed by atoms with E-state index in [-0.39, 0.29) is 0 Å². The minimum Gasteiger partial charge on any atom is -0.444 e. The number of alkyl halides is 1. The quantitative estimate of drug-likeness (QED) is 0.529. The molecule has 0 radical (unpaired) electrons. The first-order valence-corrected chi connectivity index (χ1v) is 8.65. The monoisotopic (exact) mass is 365 g/mol. The molecule has 1 atom stereocenters. The Morgan fingerprint density at radius 1 is 1.24 bits per heavy atom. The summed E-state index contributed by atoms with van der Waals surface area (Å²) in [5.74, 6) is 0. The van der Waals surface area contributed by atoms with Crippen molar-refractivity contribution in [3.05, 3.63) is 0 Å². The lowest BCUT2D eigenvalue weighted by Gasteiger charge is -2.30. The van der Waals surface area contributed by atoms with Crippen LogP contribution in [-0.4, -0.2) is 48.5 Å². The van der Waals surface area contributed by atoms with Gasteiger partial charge in [0.1, 0.15) is 5.60 Å². The summed E-state index contributed by atoms with van der Waals surface area (Å²) in [6, 6.07) is 0. The van der Waals surface area contributed by atoms with E-state index in [4.69, 9.17) is 14.2 Å². The highest BCUT2D eigenvalue weighted by Crippen LogP contribution is 2.22. The van der Waals surface area contributed by atoms with Crippen LogP contribution in [0.3, 0.4) is 0 Å². The van der Waals surface area contributed by atoms with E-state index in [1.54, 1.807) is 0 Å². The molecule has 1 amide bonds. The Balaban J connectivity index is 2.21. The lowest BCUT2D eigenvalue weighted by molar-refractivity contribution is -0.0706. The first kappa shape index (κ1) is 18.7. The highest BCUT2D eigenvalue weighted by atomic mass is 79.9. The van der Waals surface area contributed by atoms with Gasteiger partial charge in [0, 0.05) is 5.33 Å². The predicted octanol–water partition coefficient (Wildman–Crippen LogP) is 3.25. The van der Waals surface area contributed by atoms with Crippen LogP contribution in [0, 0.1) is 0 Å². The van der Waals surface area contributed by atoms with Gasteiger partial charge in [0.15, 0.2) is 0 Å². The van der Waals surface area contributed by atoms with E-state index >= 15 is 0 Å². The van der Waals surface area contributed by atoms with Crippen molar-refractivity contribution in [3.8, 4) is 0 Å². The molecule has 1 fully saturated rings. The average Bonchev–Trinajstić information content (AvgIpc) is 2.32. The van der Waals surface area contributed by atoms with Crippen LogP contribution in [0.4, 0.5) is 4.79 Å². The SMILES string of the molecule is CC(C)(C)OC(=O)NCC(C)(CBr)OCCOC1CCC1. The van der Waals surface area contributed by atoms with Crippen molar-refractivity contribution in [2.45, 2.75) is 64.3 Å². The molecule has 0 aromatic rings. The highest BCUT2D eigenvalue weighted by molar-refractivity contribution is 9.09. The fraction of sp³-hybridized carbons (Fsp3) is 0.933. The van der Waals surface area contributed by atoms with Crippen LogP contribution < -0.4 is 5.32 Å². The number of rotatable bonds is 8. The largest absolute Gasteiger partial charge is 0.444 e. The Bertz CT molecular complexity index is 328. The summed E-state index contributed by atoms with van der Waals surface area (Å²) < 4.78 is 16.7. The summed E-state index contributed by atoms with van der Waals surface area (Å²) in [6.45, 7) is 8.97. The van der Waals surface area contributed by atoms with Gasteiger partial charge in [0.25, 0.3) is 0 Å². The number of nitrogens with one attached hydrogen (secondary N) is 1. The Kier molecular flexibility index (Phi) is 7.44. The minimum absolute atomic E-state index is 0.386. The first-order chi connectivity index (χ1) is 9.74.